The monoisotopic (exact) mass is 333 g/mol. The maximum absolute atomic E-state index is 4.61. The molecule has 0 N–H and O–H groups in total. The molecule has 24 heavy (non-hydrogen) atoms. The van der Waals surface area contributed by atoms with Crippen molar-refractivity contribution in [3.8, 4) is 16.3 Å². The minimum atomic E-state index is 0.652. The van der Waals surface area contributed by atoms with E-state index in [2.05, 4.69) is 70.8 Å². The summed E-state index contributed by atoms with van der Waals surface area (Å²) < 4.78 is 2.14. The van der Waals surface area contributed by atoms with E-state index in [1.165, 1.54) is 5.56 Å². The first-order valence-corrected chi connectivity index (χ1v) is 9.05. The van der Waals surface area contributed by atoms with Gasteiger partial charge in [0.1, 0.15) is 11.3 Å². The summed E-state index contributed by atoms with van der Waals surface area (Å²) in [5, 5.41) is 3.05. The van der Waals surface area contributed by atoms with Crippen LogP contribution in [0.1, 0.15) is 19.4 Å². The molecule has 4 heteroatoms. The summed E-state index contributed by atoms with van der Waals surface area (Å²) in [5.74, 6) is 0.652. The lowest BCUT2D eigenvalue weighted by Gasteiger charge is -2.08. The molecule has 0 fully saturated rings. The number of nitrogens with zero attached hydrogens (tertiary/aromatic N) is 3. The minimum absolute atomic E-state index is 0.652. The molecule has 4 rings (SSSR count). The summed E-state index contributed by atoms with van der Waals surface area (Å²) in [6, 6.07) is 15.0. The van der Waals surface area contributed by atoms with Crippen molar-refractivity contribution in [2.24, 2.45) is 5.92 Å². The van der Waals surface area contributed by atoms with Crippen LogP contribution in [0, 0.1) is 5.92 Å². The van der Waals surface area contributed by atoms with E-state index in [0.717, 1.165) is 33.7 Å². The van der Waals surface area contributed by atoms with Crippen LogP contribution in [-0.2, 0) is 6.42 Å². The van der Waals surface area contributed by atoms with Crippen LogP contribution in [0.25, 0.3) is 27.3 Å². The number of hydrogen-bond donors (Lipinski definition) is 0. The average molecular weight is 333 g/mol. The van der Waals surface area contributed by atoms with Gasteiger partial charge in [0.25, 0.3) is 0 Å². The maximum atomic E-state index is 4.61. The number of aromatic nitrogens is 3. The molecule has 0 atom stereocenters. The Morgan fingerprint density at radius 3 is 2.79 bits per heavy atom. The van der Waals surface area contributed by atoms with Crippen molar-refractivity contribution in [2.75, 3.05) is 0 Å². The Kier molecular flexibility index (Phi) is 3.90. The molecule has 0 saturated heterocycles. The Balaban J connectivity index is 1.76. The number of fused-ring (bicyclic) bond motifs is 1. The molecule has 2 aromatic carbocycles. The van der Waals surface area contributed by atoms with Crippen LogP contribution in [0.2, 0.25) is 0 Å². The van der Waals surface area contributed by atoms with Crippen LogP contribution in [0.3, 0.4) is 0 Å². The van der Waals surface area contributed by atoms with Gasteiger partial charge in [-0.05, 0) is 42.2 Å². The molecule has 0 radical (unpaired) electrons. The molecule has 0 aliphatic rings. The first-order valence-electron chi connectivity index (χ1n) is 8.17. The Bertz CT molecular complexity index is 968. The average Bonchev–Trinajstić information content (AvgIpc) is 3.24. The maximum Gasteiger partial charge on any atom is 0.123 e. The van der Waals surface area contributed by atoms with Crippen LogP contribution < -0.4 is 0 Å². The van der Waals surface area contributed by atoms with E-state index in [1.807, 2.05) is 17.9 Å². The second-order valence-electron chi connectivity index (χ2n) is 6.42. The molecule has 0 unspecified atom stereocenters. The first-order chi connectivity index (χ1) is 11.7. The normalized spacial score (nSPS) is 11.5. The molecule has 0 bridgehead atoms. The molecule has 0 saturated carbocycles. The Labute approximate surface area is 145 Å². The lowest BCUT2D eigenvalue weighted by atomic mass is 10.0. The highest BCUT2D eigenvalue weighted by Crippen LogP contribution is 2.26. The van der Waals surface area contributed by atoms with Crippen LogP contribution in [0.15, 0.2) is 60.4 Å². The third-order valence-electron chi connectivity index (χ3n) is 4.06. The van der Waals surface area contributed by atoms with Gasteiger partial charge < -0.3 is 0 Å². The Morgan fingerprint density at radius 2 is 2.00 bits per heavy atom. The summed E-state index contributed by atoms with van der Waals surface area (Å²) in [5.41, 5.74) is 5.79. The van der Waals surface area contributed by atoms with Gasteiger partial charge in [0.05, 0.1) is 11.0 Å². The molecule has 3 nitrogen and oxygen atoms in total. The van der Waals surface area contributed by atoms with Gasteiger partial charge in [-0.15, -0.1) is 11.3 Å². The summed E-state index contributed by atoms with van der Waals surface area (Å²) >= 11 is 1.66. The number of benzene rings is 2. The fourth-order valence-electron chi connectivity index (χ4n) is 3.02. The smallest absolute Gasteiger partial charge is 0.123 e. The fourth-order valence-corrected chi connectivity index (χ4v) is 3.65. The SMILES string of the molecule is CC(C)Cc1ccc2c(c1)ncn2-c1cccc(-c2nccs2)c1. The van der Waals surface area contributed by atoms with Gasteiger partial charge in [-0.25, -0.2) is 9.97 Å². The second kappa shape index (κ2) is 6.21. The van der Waals surface area contributed by atoms with Crippen LogP contribution in [0.4, 0.5) is 0 Å². The largest absolute Gasteiger partial charge is 0.299 e. The minimum Gasteiger partial charge on any atom is -0.299 e. The zero-order chi connectivity index (χ0) is 16.5. The predicted molar refractivity (Wildman–Crippen MR) is 101 cm³/mol. The van der Waals surface area contributed by atoms with Crippen LogP contribution in [-0.4, -0.2) is 14.5 Å². The predicted octanol–water partition coefficient (Wildman–Crippen LogP) is 5.35. The third-order valence-corrected chi connectivity index (χ3v) is 4.88. The van der Waals surface area contributed by atoms with Crippen molar-refractivity contribution >= 4 is 22.4 Å². The van der Waals surface area contributed by atoms with Crippen molar-refractivity contribution < 1.29 is 0 Å². The molecule has 2 heterocycles. The fraction of sp³-hybridized carbons (Fsp3) is 0.200. The Hall–Kier alpha value is -2.46. The van der Waals surface area contributed by atoms with Gasteiger partial charge in [0.2, 0.25) is 0 Å². The molecular formula is C20H19N3S. The van der Waals surface area contributed by atoms with Gasteiger partial charge in [-0.2, -0.15) is 0 Å². The van der Waals surface area contributed by atoms with E-state index in [0.29, 0.717) is 5.92 Å². The van der Waals surface area contributed by atoms with Gasteiger partial charge in [0.15, 0.2) is 0 Å². The Morgan fingerprint density at radius 1 is 1.08 bits per heavy atom. The van der Waals surface area contributed by atoms with Crippen LogP contribution >= 0.6 is 11.3 Å². The van der Waals surface area contributed by atoms with Gasteiger partial charge >= 0.3 is 0 Å². The van der Waals surface area contributed by atoms with Crippen molar-refractivity contribution in [2.45, 2.75) is 20.3 Å². The second-order valence-corrected chi connectivity index (χ2v) is 7.32. The van der Waals surface area contributed by atoms with Gasteiger partial charge in [0, 0.05) is 22.8 Å². The molecule has 120 valence electrons. The van der Waals surface area contributed by atoms with Crippen molar-refractivity contribution in [1.82, 2.24) is 14.5 Å². The number of imidazole rings is 1. The molecular weight excluding hydrogens is 314 g/mol. The molecule has 0 spiro atoms. The summed E-state index contributed by atoms with van der Waals surface area (Å²) in [4.78, 5) is 9.01. The molecule has 4 aromatic rings. The molecule has 2 aromatic heterocycles. The van der Waals surface area contributed by atoms with Crippen LogP contribution in [0.5, 0.6) is 0 Å². The number of rotatable bonds is 4. The summed E-state index contributed by atoms with van der Waals surface area (Å²) in [6.45, 7) is 4.49. The number of hydrogen-bond acceptors (Lipinski definition) is 3. The third kappa shape index (κ3) is 2.85. The van der Waals surface area contributed by atoms with E-state index in [4.69, 9.17) is 0 Å². The topological polar surface area (TPSA) is 30.7 Å². The van der Waals surface area contributed by atoms with E-state index < -0.39 is 0 Å². The van der Waals surface area contributed by atoms with Crippen molar-refractivity contribution in [3.05, 3.63) is 65.9 Å². The van der Waals surface area contributed by atoms with E-state index in [9.17, 15) is 0 Å². The van der Waals surface area contributed by atoms with Crippen molar-refractivity contribution in [1.29, 1.82) is 0 Å². The summed E-state index contributed by atoms with van der Waals surface area (Å²) in [7, 11) is 0. The standard InChI is InChI=1S/C20H19N3S/c1-14(2)10-15-6-7-19-18(11-15)22-13-23(19)17-5-3-4-16(12-17)20-21-8-9-24-20/h3-9,11-14H,10H2,1-2H3. The first kappa shape index (κ1) is 15.1. The highest BCUT2D eigenvalue weighted by molar-refractivity contribution is 7.13. The highest BCUT2D eigenvalue weighted by atomic mass is 32.1. The molecule has 0 aliphatic heterocycles. The van der Waals surface area contributed by atoms with Gasteiger partial charge in [-0.1, -0.05) is 32.0 Å². The van der Waals surface area contributed by atoms with E-state index in [1.54, 1.807) is 11.3 Å². The highest BCUT2D eigenvalue weighted by Gasteiger charge is 2.08. The zero-order valence-electron chi connectivity index (χ0n) is 13.8. The quantitative estimate of drug-likeness (QED) is 0.504. The van der Waals surface area contributed by atoms with E-state index in [-0.39, 0.29) is 0 Å². The lowest BCUT2D eigenvalue weighted by molar-refractivity contribution is 0.648. The van der Waals surface area contributed by atoms with Crippen molar-refractivity contribution in [3.63, 3.8) is 0 Å². The van der Waals surface area contributed by atoms with E-state index >= 15 is 0 Å². The summed E-state index contributed by atoms with van der Waals surface area (Å²) in [6.07, 6.45) is 4.84. The van der Waals surface area contributed by atoms with Gasteiger partial charge in [-0.3, -0.25) is 4.57 Å². The lowest BCUT2D eigenvalue weighted by Crippen LogP contribution is -1.95. The molecule has 0 aliphatic carbocycles. The molecule has 0 amide bonds. The number of thiazole rings is 1. The zero-order valence-corrected chi connectivity index (χ0v) is 14.6.